The quantitative estimate of drug-likeness (QED) is 0.807. The van der Waals surface area contributed by atoms with E-state index in [1.165, 1.54) is 5.56 Å². The van der Waals surface area contributed by atoms with E-state index in [1.54, 1.807) is 0 Å². The Bertz CT molecular complexity index is 593. The second kappa shape index (κ2) is 6.25. The lowest BCUT2D eigenvalue weighted by Gasteiger charge is -2.13. The van der Waals surface area contributed by atoms with Crippen LogP contribution < -0.4 is 5.32 Å². The van der Waals surface area contributed by atoms with E-state index in [0.717, 1.165) is 24.2 Å². The second-order valence-corrected chi connectivity index (χ2v) is 5.20. The predicted octanol–water partition coefficient (Wildman–Crippen LogP) is 5.11. The Labute approximate surface area is 120 Å². The Kier molecular flexibility index (Phi) is 3.98. The Morgan fingerprint density at radius 3 is 2.30 bits per heavy atom. The summed E-state index contributed by atoms with van der Waals surface area (Å²) in [6, 6.07) is 19.0. The van der Waals surface area contributed by atoms with Gasteiger partial charge in [0, 0.05) is 11.4 Å². The van der Waals surface area contributed by atoms with E-state index in [9.17, 15) is 0 Å². The summed E-state index contributed by atoms with van der Waals surface area (Å²) in [6.45, 7) is 0. The Hall–Kier alpha value is -2.28. The molecule has 2 aromatic rings. The summed E-state index contributed by atoms with van der Waals surface area (Å²) in [5.41, 5.74) is 3.66. The molecule has 0 spiro atoms. The summed E-state index contributed by atoms with van der Waals surface area (Å²) in [5.74, 6) is 0.646. The van der Waals surface area contributed by atoms with Gasteiger partial charge < -0.3 is 5.32 Å². The fraction of sp³-hybridized carbons (Fsp3) is 0.158. The van der Waals surface area contributed by atoms with E-state index in [2.05, 4.69) is 66.0 Å². The third-order valence-corrected chi connectivity index (χ3v) is 3.58. The zero-order valence-electron chi connectivity index (χ0n) is 11.5. The van der Waals surface area contributed by atoms with Crippen LogP contribution >= 0.6 is 0 Å². The molecule has 1 unspecified atom stereocenters. The summed E-state index contributed by atoms with van der Waals surface area (Å²) in [7, 11) is 0. The van der Waals surface area contributed by atoms with Gasteiger partial charge >= 0.3 is 0 Å². The van der Waals surface area contributed by atoms with E-state index in [0.29, 0.717) is 5.92 Å². The number of rotatable bonds is 4. The topological polar surface area (TPSA) is 12.0 Å². The summed E-state index contributed by atoms with van der Waals surface area (Å²) >= 11 is 0. The highest BCUT2D eigenvalue weighted by atomic mass is 14.9. The SMILES string of the molecule is C1=CCC(Cc2ccc(Nc3ccccc3)cc2)C=C1. The first-order chi connectivity index (χ1) is 9.90. The monoisotopic (exact) mass is 261 g/mol. The fourth-order valence-electron chi connectivity index (χ4n) is 2.50. The van der Waals surface area contributed by atoms with Crippen LogP contribution in [0.25, 0.3) is 0 Å². The summed E-state index contributed by atoms with van der Waals surface area (Å²) in [5, 5.41) is 3.41. The van der Waals surface area contributed by atoms with Crippen LogP contribution in [-0.2, 0) is 6.42 Å². The highest BCUT2D eigenvalue weighted by Crippen LogP contribution is 2.21. The van der Waals surface area contributed by atoms with Crippen LogP contribution in [0.1, 0.15) is 12.0 Å². The Morgan fingerprint density at radius 2 is 1.60 bits per heavy atom. The zero-order valence-corrected chi connectivity index (χ0v) is 11.5. The smallest absolute Gasteiger partial charge is 0.0384 e. The van der Waals surface area contributed by atoms with Gasteiger partial charge in [-0.25, -0.2) is 0 Å². The molecule has 1 aliphatic carbocycles. The van der Waals surface area contributed by atoms with Gasteiger partial charge in [-0.2, -0.15) is 0 Å². The maximum Gasteiger partial charge on any atom is 0.0384 e. The minimum absolute atomic E-state index is 0.646. The molecule has 0 saturated carbocycles. The molecule has 1 N–H and O–H groups in total. The van der Waals surface area contributed by atoms with Crippen molar-refractivity contribution >= 4 is 11.4 Å². The van der Waals surface area contributed by atoms with Gasteiger partial charge in [0.2, 0.25) is 0 Å². The first-order valence-electron chi connectivity index (χ1n) is 7.14. The lowest BCUT2D eigenvalue weighted by atomic mass is 9.93. The second-order valence-electron chi connectivity index (χ2n) is 5.20. The predicted molar refractivity (Wildman–Crippen MR) is 86.3 cm³/mol. The Morgan fingerprint density at radius 1 is 0.850 bits per heavy atom. The molecule has 20 heavy (non-hydrogen) atoms. The lowest BCUT2D eigenvalue weighted by molar-refractivity contribution is 0.653. The third-order valence-electron chi connectivity index (χ3n) is 3.58. The number of hydrogen-bond donors (Lipinski definition) is 1. The molecule has 1 aliphatic rings. The van der Waals surface area contributed by atoms with Crippen LogP contribution in [-0.4, -0.2) is 0 Å². The van der Waals surface area contributed by atoms with Crippen molar-refractivity contribution in [3.63, 3.8) is 0 Å². The molecule has 0 fully saturated rings. The molecule has 2 aromatic carbocycles. The van der Waals surface area contributed by atoms with E-state index in [-0.39, 0.29) is 0 Å². The maximum atomic E-state index is 3.41. The number of para-hydroxylation sites is 1. The molecule has 0 heterocycles. The van der Waals surface area contributed by atoms with E-state index in [4.69, 9.17) is 0 Å². The van der Waals surface area contributed by atoms with Gasteiger partial charge in [0.15, 0.2) is 0 Å². The van der Waals surface area contributed by atoms with E-state index < -0.39 is 0 Å². The highest BCUT2D eigenvalue weighted by molar-refractivity contribution is 5.59. The number of benzene rings is 2. The molecule has 100 valence electrons. The van der Waals surface area contributed by atoms with Crippen LogP contribution in [0.5, 0.6) is 0 Å². The van der Waals surface area contributed by atoms with E-state index >= 15 is 0 Å². The van der Waals surface area contributed by atoms with Crippen LogP contribution in [0.15, 0.2) is 78.9 Å². The van der Waals surface area contributed by atoms with Crippen molar-refractivity contribution in [1.82, 2.24) is 0 Å². The molecule has 1 atom stereocenters. The molecule has 0 aromatic heterocycles. The van der Waals surface area contributed by atoms with Crippen LogP contribution in [0.2, 0.25) is 0 Å². The van der Waals surface area contributed by atoms with Crippen molar-refractivity contribution < 1.29 is 0 Å². The summed E-state index contributed by atoms with van der Waals surface area (Å²) in [6.07, 6.45) is 11.1. The van der Waals surface area contributed by atoms with E-state index in [1.807, 2.05) is 18.2 Å². The molecule has 0 bridgehead atoms. The standard InChI is InChI=1S/C19H19N/c1-3-7-16(8-4-1)15-17-11-13-19(14-12-17)20-18-9-5-2-6-10-18/h1-7,9-14,16,20H,8,15H2. The van der Waals surface area contributed by atoms with Gasteiger partial charge in [0.1, 0.15) is 0 Å². The highest BCUT2D eigenvalue weighted by Gasteiger charge is 2.06. The number of allylic oxidation sites excluding steroid dienone is 4. The molecule has 0 amide bonds. The molecule has 1 heteroatoms. The first-order valence-corrected chi connectivity index (χ1v) is 7.14. The van der Waals surface area contributed by atoms with Gasteiger partial charge in [0.05, 0.1) is 0 Å². The van der Waals surface area contributed by atoms with Crippen molar-refractivity contribution in [2.75, 3.05) is 5.32 Å². The molecule has 0 aliphatic heterocycles. The number of anilines is 2. The fourth-order valence-corrected chi connectivity index (χ4v) is 2.50. The van der Waals surface area contributed by atoms with Crippen LogP contribution in [0.4, 0.5) is 11.4 Å². The van der Waals surface area contributed by atoms with Crippen LogP contribution in [0.3, 0.4) is 0 Å². The molecule has 1 nitrogen and oxygen atoms in total. The first kappa shape index (κ1) is 12.7. The largest absolute Gasteiger partial charge is 0.356 e. The molecular formula is C19H19N. The van der Waals surface area contributed by atoms with Gasteiger partial charge in [-0.3, -0.25) is 0 Å². The van der Waals surface area contributed by atoms with Gasteiger partial charge in [-0.1, -0.05) is 54.6 Å². The van der Waals surface area contributed by atoms with Gasteiger partial charge in [0.25, 0.3) is 0 Å². The molecular weight excluding hydrogens is 242 g/mol. The van der Waals surface area contributed by atoms with Crippen molar-refractivity contribution in [2.45, 2.75) is 12.8 Å². The normalized spacial score (nSPS) is 17.1. The third kappa shape index (κ3) is 3.39. The lowest BCUT2D eigenvalue weighted by Crippen LogP contribution is -2.02. The zero-order chi connectivity index (χ0) is 13.6. The van der Waals surface area contributed by atoms with Crippen molar-refractivity contribution in [3.8, 4) is 0 Å². The summed E-state index contributed by atoms with van der Waals surface area (Å²) in [4.78, 5) is 0. The number of hydrogen-bond acceptors (Lipinski definition) is 1. The molecule has 3 rings (SSSR count). The number of nitrogens with one attached hydrogen (secondary N) is 1. The van der Waals surface area contributed by atoms with Crippen molar-refractivity contribution in [1.29, 1.82) is 0 Å². The maximum absolute atomic E-state index is 3.41. The minimum atomic E-state index is 0.646. The van der Waals surface area contributed by atoms with Crippen molar-refractivity contribution in [2.24, 2.45) is 5.92 Å². The average molecular weight is 261 g/mol. The van der Waals surface area contributed by atoms with Crippen molar-refractivity contribution in [3.05, 3.63) is 84.5 Å². The van der Waals surface area contributed by atoms with Gasteiger partial charge in [-0.05, 0) is 48.6 Å². The average Bonchev–Trinajstić information content (AvgIpc) is 2.51. The minimum Gasteiger partial charge on any atom is -0.356 e. The van der Waals surface area contributed by atoms with Crippen LogP contribution in [0, 0.1) is 5.92 Å². The summed E-state index contributed by atoms with van der Waals surface area (Å²) < 4.78 is 0. The van der Waals surface area contributed by atoms with Gasteiger partial charge in [-0.15, -0.1) is 0 Å². The Balaban J connectivity index is 1.62. The molecule has 0 radical (unpaired) electrons. The molecule has 0 saturated heterocycles.